The molecule has 6 rings (SSSR count). The monoisotopic (exact) mass is 397 g/mol. The van der Waals surface area contributed by atoms with Crippen LogP contribution >= 0.6 is 0 Å². The number of imidazole rings is 1. The van der Waals surface area contributed by atoms with Crippen molar-refractivity contribution in [3.8, 4) is 11.1 Å². The van der Waals surface area contributed by atoms with Gasteiger partial charge in [0.05, 0.1) is 35.5 Å². The maximum Gasteiger partial charge on any atom is 0.233 e. The van der Waals surface area contributed by atoms with Gasteiger partial charge in [-0.2, -0.15) is 5.10 Å². The molecule has 0 spiro atoms. The lowest BCUT2D eigenvalue weighted by atomic mass is 9.77. The number of aromatic nitrogens is 4. The summed E-state index contributed by atoms with van der Waals surface area (Å²) in [4.78, 5) is 22.6. The van der Waals surface area contributed by atoms with Crippen LogP contribution in [0.5, 0.6) is 0 Å². The van der Waals surface area contributed by atoms with Crippen LogP contribution in [0.2, 0.25) is 0 Å². The van der Waals surface area contributed by atoms with Crippen molar-refractivity contribution in [1.82, 2.24) is 19.7 Å². The number of carbonyl (C=O) groups is 1. The smallest absolute Gasteiger partial charge is 0.233 e. The average Bonchev–Trinajstić information content (AvgIpc) is 3.26. The molecule has 6 heteroatoms. The number of benzene rings is 2. The number of amides is 1. The maximum absolute atomic E-state index is 13.2. The summed E-state index contributed by atoms with van der Waals surface area (Å²) < 4.78 is 1.82. The summed E-state index contributed by atoms with van der Waals surface area (Å²) in [7, 11) is 1.93. The molecule has 1 aliphatic heterocycles. The molecule has 1 saturated carbocycles. The second-order valence-electron chi connectivity index (χ2n) is 8.59. The first kappa shape index (κ1) is 17.4. The predicted octanol–water partition coefficient (Wildman–Crippen LogP) is 4.39. The third-order valence-corrected chi connectivity index (χ3v) is 6.58. The molecule has 1 N–H and O–H groups in total. The van der Waals surface area contributed by atoms with Crippen LogP contribution in [0.25, 0.3) is 22.2 Å². The first-order valence-corrected chi connectivity index (χ1v) is 10.5. The lowest BCUT2D eigenvalue weighted by Crippen LogP contribution is -2.56. The molecule has 6 nitrogen and oxygen atoms in total. The van der Waals surface area contributed by atoms with Crippen LogP contribution in [0.3, 0.4) is 0 Å². The third-order valence-electron chi connectivity index (χ3n) is 6.58. The summed E-state index contributed by atoms with van der Waals surface area (Å²) in [5.41, 5.74) is 7.53. The molecular weight excluding hydrogens is 374 g/mol. The highest BCUT2D eigenvalue weighted by Crippen LogP contribution is 2.54. The van der Waals surface area contributed by atoms with E-state index in [1.165, 1.54) is 11.1 Å². The maximum atomic E-state index is 13.2. The van der Waals surface area contributed by atoms with Gasteiger partial charge in [-0.15, -0.1) is 0 Å². The zero-order chi connectivity index (χ0) is 20.4. The summed E-state index contributed by atoms with van der Waals surface area (Å²) in [5, 5.41) is 4.29. The lowest BCUT2D eigenvalue weighted by molar-refractivity contribution is -0.131. The Morgan fingerprint density at radius 2 is 1.97 bits per heavy atom. The van der Waals surface area contributed by atoms with Crippen molar-refractivity contribution in [2.75, 3.05) is 4.90 Å². The van der Waals surface area contributed by atoms with Gasteiger partial charge < -0.3 is 9.88 Å². The Kier molecular flexibility index (Phi) is 3.66. The summed E-state index contributed by atoms with van der Waals surface area (Å²) in [6, 6.07) is 12.7. The molecule has 3 heterocycles. The van der Waals surface area contributed by atoms with Crippen LogP contribution in [0.15, 0.2) is 55.1 Å². The van der Waals surface area contributed by atoms with Crippen LogP contribution < -0.4 is 4.90 Å². The molecule has 2 aromatic heterocycles. The van der Waals surface area contributed by atoms with Crippen molar-refractivity contribution < 1.29 is 4.79 Å². The first-order chi connectivity index (χ1) is 14.6. The van der Waals surface area contributed by atoms with Gasteiger partial charge in [-0.1, -0.05) is 18.2 Å². The molecule has 1 aliphatic carbocycles. The lowest BCUT2D eigenvalue weighted by Gasteiger charge is -2.48. The molecular formula is C24H23N5O. The fourth-order valence-corrected chi connectivity index (χ4v) is 4.88. The summed E-state index contributed by atoms with van der Waals surface area (Å²) in [5.74, 6) is 0.856. The van der Waals surface area contributed by atoms with E-state index in [-0.39, 0.29) is 17.9 Å². The Balaban J connectivity index is 1.41. The van der Waals surface area contributed by atoms with Crippen molar-refractivity contribution in [2.24, 2.45) is 18.9 Å². The highest BCUT2D eigenvalue weighted by atomic mass is 16.2. The van der Waals surface area contributed by atoms with Crippen molar-refractivity contribution >= 4 is 22.6 Å². The predicted molar refractivity (Wildman–Crippen MR) is 116 cm³/mol. The SMILES string of the molecule is Cc1cc(-c2cnn(C)c2)ccc1[C@@H]1[C@H](C2CC2)C(=O)N1c1ccc2nc[nH]c2c1. The number of fused-ring (bicyclic) bond motifs is 1. The van der Waals surface area contributed by atoms with Crippen molar-refractivity contribution in [3.05, 3.63) is 66.2 Å². The topological polar surface area (TPSA) is 66.8 Å². The normalized spacial score (nSPS) is 21.3. The van der Waals surface area contributed by atoms with Gasteiger partial charge in [0, 0.05) is 24.5 Å². The molecule has 2 fully saturated rings. The summed E-state index contributed by atoms with van der Waals surface area (Å²) >= 11 is 0. The number of aromatic amines is 1. The number of hydrogen-bond donors (Lipinski definition) is 1. The van der Waals surface area contributed by atoms with Crippen molar-refractivity contribution in [3.63, 3.8) is 0 Å². The Morgan fingerprint density at radius 1 is 1.10 bits per heavy atom. The van der Waals surface area contributed by atoms with E-state index in [1.807, 2.05) is 47.2 Å². The number of H-pyrrole nitrogens is 1. The van der Waals surface area contributed by atoms with Crippen LogP contribution in [-0.4, -0.2) is 25.7 Å². The van der Waals surface area contributed by atoms with Gasteiger partial charge in [-0.25, -0.2) is 4.98 Å². The van der Waals surface area contributed by atoms with Crippen molar-refractivity contribution in [1.29, 1.82) is 0 Å². The molecule has 150 valence electrons. The van der Waals surface area contributed by atoms with Gasteiger partial charge >= 0.3 is 0 Å². The van der Waals surface area contributed by atoms with Gasteiger partial charge in [-0.3, -0.25) is 9.48 Å². The minimum atomic E-state index is 0.0883. The minimum absolute atomic E-state index is 0.0883. The van der Waals surface area contributed by atoms with Crippen LogP contribution in [-0.2, 0) is 11.8 Å². The fraction of sp³-hybridized carbons (Fsp3) is 0.292. The Morgan fingerprint density at radius 3 is 2.70 bits per heavy atom. The Hall–Kier alpha value is -3.41. The number of anilines is 1. The van der Waals surface area contributed by atoms with Gasteiger partial charge in [0.15, 0.2) is 0 Å². The van der Waals surface area contributed by atoms with E-state index in [0.29, 0.717) is 5.92 Å². The third kappa shape index (κ3) is 2.60. The quantitative estimate of drug-likeness (QED) is 0.520. The largest absolute Gasteiger partial charge is 0.345 e. The zero-order valence-electron chi connectivity index (χ0n) is 17.0. The molecule has 1 saturated heterocycles. The molecule has 30 heavy (non-hydrogen) atoms. The van der Waals surface area contributed by atoms with Gasteiger partial charge in [0.2, 0.25) is 5.91 Å². The van der Waals surface area contributed by atoms with E-state index in [1.54, 1.807) is 6.33 Å². The van der Waals surface area contributed by atoms with Crippen LogP contribution in [0.4, 0.5) is 5.69 Å². The molecule has 1 amide bonds. The zero-order valence-corrected chi connectivity index (χ0v) is 17.0. The van der Waals surface area contributed by atoms with E-state index >= 15 is 0 Å². The van der Waals surface area contributed by atoms with E-state index in [0.717, 1.165) is 40.7 Å². The molecule has 4 aromatic rings. The molecule has 2 aliphatic rings. The van der Waals surface area contributed by atoms with Crippen molar-refractivity contribution in [2.45, 2.75) is 25.8 Å². The fourth-order valence-electron chi connectivity index (χ4n) is 4.88. The average molecular weight is 397 g/mol. The molecule has 2 aromatic carbocycles. The molecule has 0 unspecified atom stereocenters. The molecule has 2 atom stereocenters. The van der Waals surface area contributed by atoms with Gasteiger partial charge in [0.25, 0.3) is 0 Å². The summed E-state index contributed by atoms with van der Waals surface area (Å²) in [6.45, 7) is 2.15. The van der Waals surface area contributed by atoms with E-state index < -0.39 is 0 Å². The van der Waals surface area contributed by atoms with E-state index in [9.17, 15) is 4.79 Å². The standard InChI is InChI=1S/C24H23N5O/c1-14-9-16(17-11-27-28(2)12-17)5-7-19(14)23-22(15-3-4-15)24(30)29(23)18-6-8-20-21(10-18)26-13-25-20/h5-13,15,22-23H,3-4H2,1-2H3,(H,25,26)/t22-,23+/m0/s1. The number of hydrogen-bond acceptors (Lipinski definition) is 3. The molecule has 0 radical (unpaired) electrons. The van der Waals surface area contributed by atoms with E-state index in [4.69, 9.17) is 0 Å². The molecule has 0 bridgehead atoms. The number of nitrogens with one attached hydrogen (secondary N) is 1. The minimum Gasteiger partial charge on any atom is -0.345 e. The number of aryl methyl sites for hydroxylation is 2. The number of β-lactam (4-membered cyclic amide) rings is 1. The number of nitrogens with zero attached hydrogens (tertiary/aromatic N) is 4. The summed E-state index contributed by atoms with van der Waals surface area (Å²) in [6.07, 6.45) is 7.93. The second kappa shape index (κ2) is 6.29. The van der Waals surface area contributed by atoms with Crippen LogP contribution in [0, 0.1) is 18.8 Å². The second-order valence-corrected chi connectivity index (χ2v) is 8.59. The highest BCUT2D eigenvalue weighted by molar-refractivity contribution is 6.04. The van der Waals surface area contributed by atoms with Gasteiger partial charge in [-0.05, 0) is 60.6 Å². The van der Waals surface area contributed by atoms with E-state index in [2.05, 4.69) is 40.2 Å². The number of carbonyl (C=O) groups excluding carboxylic acids is 1. The Labute approximate surface area is 174 Å². The Bertz CT molecular complexity index is 1280. The van der Waals surface area contributed by atoms with Gasteiger partial charge in [0.1, 0.15) is 0 Å². The first-order valence-electron chi connectivity index (χ1n) is 10.5. The highest BCUT2D eigenvalue weighted by Gasteiger charge is 2.55. The van der Waals surface area contributed by atoms with Crippen LogP contribution in [0.1, 0.15) is 30.0 Å². The number of rotatable bonds is 4.